The maximum absolute atomic E-state index is 14.2. The zero-order valence-electron chi connectivity index (χ0n) is 27.3. The molecule has 2 heterocycles. The monoisotopic (exact) mass is 705 g/mol. The Kier molecular flexibility index (Phi) is 10.6. The lowest BCUT2D eigenvalue weighted by molar-refractivity contribution is -0.113. The van der Waals surface area contributed by atoms with Gasteiger partial charge >= 0.3 is 0 Å². The van der Waals surface area contributed by atoms with Crippen molar-refractivity contribution < 1.29 is 19.0 Å². The Morgan fingerprint density at radius 3 is 2.52 bits per heavy atom. The van der Waals surface area contributed by atoms with Gasteiger partial charge in [-0.3, -0.25) is 4.79 Å². The fourth-order valence-electron chi connectivity index (χ4n) is 5.39. The fraction of sp³-hybridized carbons (Fsp3) is 0.343. The minimum Gasteiger partial charge on any atom is -0.493 e. The normalized spacial score (nSPS) is 14.0. The number of allylic oxidation sites excluding steroid dienone is 1. The Morgan fingerprint density at radius 2 is 1.78 bits per heavy atom. The number of nitrogens with zero attached hydrogens (tertiary/aromatic N) is 3. The highest BCUT2D eigenvalue weighted by Crippen LogP contribution is 2.44. The minimum atomic E-state index is -0.611. The van der Waals surface area contributed by atoms with Crippen molar-refractivity contribution in [1.29, 1.82) is 0 Å². The molecular weight excluding hydrogens is 666 g/mol. The number of thioether (sulfide) groups is 1. The molecule has 0 bridgehead atoms. The SMILES string of the molecule is CCCSc1nc2n(n1)C(c1cc(Br)c(OCc3cc(C)c(C)cc3C)c(OC)c1)C(C(=O)Nc1ccccc1OCC)=C(C)N2. The van der Waals surface area contributed by atoms with Crippen LogP contribution in [0.4, 0.5) is 11.6 Å². The molecule has 0 saturated heterocycles. The number of rotatable bonds is 12. The van der Waals surface area contributed by atoms with Crippen LogP contribution < -0.4 is 24.8 Å². The van der Waals surface area contributed by atoms with Gasteiger partial charge in [-0.25, -0.2) is 4.68 Å². The Bertz CT molecular complexity index is 1790. The van der Waals surface area contributed by atoms with Crippen molar-refractivity contribution in [2.75, 3.05) is 30.1 Å². The van der Waals surface area contributed by atoms with Gasteiger partial charge in [0.2, 0.25) is 11.1 Å². The van der Waals surface area contributed by atoms with E-state index in [2.05, 4.69) is 66.4 Å². The number of anilines is 2. The first kappa shape index (κ1) is 33.4. The molecule has 0 fully saturated rings. The number of para-hydroxylation sites is 2. The third-order valence-corrected chi connectivity index (χ3v) is 9.47. The average Bonchev–Trinajstić information content (AvgIpc) is 3.43. The van der Waals surface area contributed by atoms with Crippen LogP contribution >= 0.6 is 27.7 Å². The molecule has 0 radical (unpaired) electrons. The van der Waals surface area contributed by atoms with Crippen LogP contribution in [-0.2, 0) is 11.4 Å². The number of methoxy groups -OCH3 is 1. The van der Waals surface area contributed by atoms with Crippen LogP contribution in [-0.4, -0.2) is 40.1 Å². The van der Waals surface area contributed by atoms with E-state index in [4.69, 9.17) is 24.3 Å². The van der Waals surface area contributed by atoms with E-state index in [1.807, 2.05) is 50.2 Å². The summed E-state index contributed by atoms with van der Waals surface area (Å²) in [5.74, 6) is 2.87. The van der Waals surface area contributed by atoms with E-state index < -0.39 is 6.04 Å². The molecule has 1 atom stereocenters. The molecule has 9 nitrogen and oxygen atoms in total. The molecule has 5 rings (SSSR count). The number of halogens is 1. The Morgan fingerprint density at radius 1 is 1.02 bits per heavy atom. The van der Waals surface area contributed by atoms with Gasteiger partial charge in [0.1, 0.15) is 18.4 Å². The van der Waals surface area contributed by atoms with Gasteiger partial charge in [0.25, 0.3) is 5.91 Å². The van der Waals surface area contributed by atoms with Crippen molar-refractivity contribution in [1.82, 2.24) is 14.8 Å². The highest BCUT2D eigenvalue weighted by atomic mass is 79.9. The lowest BCUT2D eigenvalue weighted by Crippen LogP contribution is -2.31. The summed E-state index contributed by atoms with van der Waals surface area (Å²) >= 11 is 5.33. The first-order valence-electron chi connectivity index (χ1n) is 15.3. The summed E-state index contributed by atoms with van der Waals surface area (Å²) in [6.45, 7) is 13.1. The van der Waals surface area contributed by atoms with Crippen molar-refractivity contribution in [2.45, 2.75) is 65.8 Å². The molecular formula is C35H40BrN5O4S. The molecule has 1 aromatic heterocycles. The van der Waals surface area contributed by atoms with Gasteiger partial charge in [-0.05, 0) is 109 Å². The highest BCUT2D eigenvalue weighted by Gasteiger charge is 2.36. The maximum Gasteiger partial charge on any atom is 0.255 e. The number of aromatic nitrogens is 3. The molecule has 0 saturated carbocycles. The fourth-order valence-corrected chi connectivity index (χ4v) is 6.65. The molecule has 3 aromatic carbocycles. The van der Waals surface area contributed by atoms with Crippen molar-refractivity contribution in [3.63, 3.8) is 0 Å². The first-order valence-corrected chi connectivity index (χ1v) is 17.1. The van der Waals surface area contributed by atoms with Gasteiger partial charge in [0.05, 0.1) is 29.4 Å². The summed E-state index contributed by atoms with van der Waals surface area (Å²) in [5, 5.41) is 11.9. The van der Waals surface area contributed by atoms with E-state index in [0.29, 0.717) is 63.0 Å². The highest BCUT2D eigenvalue weighted by molar-refractivity contribution is 9.10. The largest absolute Gasteiger partial charge is 0.493 e. The number of aryl methyl sites for hydroxylation is 3. The lowest BCUT2D eigenvalue weighted by Gasteiger charge is -2.29. The Hall–Kier alpha value is -3.96. The standard InChI is InChI=1S/C35H40BrN5O4S/c1-8-14-46-35-39-34-37-23(6)30(33(42)38-27-12-10-11-13-28(27)44-9-2)31(41(34)40-35)24-17-26(36)32(29(18-24)43-7)45-19-25-16-21(4)20(3)15-22(25)5/h10-13,15-18,31H,8-9,14,19H2,1-7H3,(H,38,42)(H,37,39,40). The van der Waals surface area contributed by atoms with Crippen LogP contribution in [0, 0.1) is 20.8 Å². The van der Waals surface area contributed by atoms with Gasteiger partial charge in [-0.1, -0.05) is 43.0 Å². The molecule has 242 valence electrons. The van der Waals surface area contributed by atoms with Gasteiger partial charge < -0.3 is 24.8 Å². The van der Waals surface area contributed by atoms with E-state index in [9.17, 15) is 4.79 Å². The second-order valence-electron chi connectivity index (χ2n) is 11.1. The average molecular weight is 707 g/mol. The molecule has 4 aromatic rings. The molecule has 1 unspecified atom stereocenters. The van der Waals surface area contributed by atoms with Crippen LogP contribution in [0.1, 0.15) is 61.1 Å². The van der Waals surface area contributed by atoms with Gasteiger partial charge in [0, 0.05) is 11.4 Å². The summed E-state index contributed by atoms with van der Waals surface area (Å²) < 4.78 is 20.5. The number of ether oxygens (including phenoxy) is 3. The summed E-state index contributed by atoms with van der Waals surface area (Å²) in [6, 6.07) is 15.0. The van der Waals surface area contributed by atoms with Gasteiger partial charge in [-0.2, -0.15) is 4.98 Å². The molecule has 11 heteroatoms. The van der Waals surface area contributed by atoms with E-state index in [1.165, 1.54) is 16.7 Å². The number of fused-ring (bicyclic) bond motifs is 1. The summed E-state index contributed by atoms with van der Waals surface area (Å²) in [6.07, 6.45) is 0.989. The number of carbonyl (C=O) groups excluding carboxylic acids is 1. The number of amides is 1. The summed E-state index contributed by atoms with van der Waals surface area (Å²) in [4.78, 5) is 18.9. The predicted molar refractivity (Wildman–Crippen MR) is 187 cm³/mol. The molecule has 46 heavy (non-hydrogen) atoms. The van der Waals surface area contributed by atoms with Crippen LogP contribution in [0.2, 0.25) is 0 Å². The topological polar surface area (TPSA) is 99.5 Å². The molecule has 1 aliphatic rings. The number of nitrogens with one attached hydrogen (secondary N) is 2. The quantitative estimate of drug-likeness (QED) is 0.142. The third-order valence-electron chi connectivity index (χ3n) is 7.84. The second kappa shape index (κ2) is 14.6. The maximum atomic E-state index is 14.2. The van der Waals surface area contributed by atoms with Crippen LogP contribution in [0.5, 0.6) is 17.2 Å². The number of carbonyl (C=O) groups is 1. The molecule has 1 aliphatic heterocycles. The number of benzene rings is 3. The zero-order valence-corrected chi connectivity index (χ0v) is 29.7. The summed E-state index contributed by atoms with van der Waals surface area (Å²) in [5.41, 5.74) is 7.26. The number of hydrogen-bond donors (Lipinski definition) is 2. The van der Waals surface area contributed by atoms with Gasteiger partial charge in [-0.15, -0.1) is 5.10 Å². The van der Waals surface area contributed by atoms with Crippen LogP contribution in [0.3, 0.4) is 0 Å². The van der Waals surface area contributed by atoms with E-state index in [1.54, 1.807) is 23.6 Å². The molecule has 2 N–H and O–H groups in total. The van der Waals surface area contributed by atoms with Crippen molar-refractivity contribution in [3.8, 4) is 17.2 Å². The molecule has 1 amide bonds. The van der Waals surface area contributed by atoms with Crippen molar-refractivity contribution in [3.05, 3.63) is 92.1 Å². The Balaban J connectivity index is 1.55. The van der Waals surface area contributed by atoms with E-state index >= 15 is 0 Å². The predicted octanol–water partition coefficient (Wildman–Crippen LogP) is 8.38. The molecule has 0 aliphatic carbocycles. The third kappa shape index (κ3) is 7.05. The molecule has 0 spiro atoms. The van der Waals surface area contributed by atoms with E-state index in [-0.39, 0.29) is 5.91 Å². The van der Waals surface area contributed by atoms with Crippen LogP contribution in [0.25, 0.3) is 0 Å². The van der Waals surface area contributed by atoms with Crippen molar-refractivity contribution in [2.24, 2.45) is 0 Å². The smallest absolute Gasteiger partial charge is 0.255 e. The first-order chi connectivity index (χ1) is 22.1. The summed E-state index contributed by atoms with van der Waals surface area (Å²) in [7, 11) is 1.61. The lowest BCUT2D eigenvalue weighted by atomic mass is 9.94. The van der Waals surface area contributed by atoms with E-state index in [0.717, 1.165) is 23.3 Å². The minimum absolute atomic E-state index is 0.285. The Labute approximate surface area is 283 Å². The van der Waals surface area contributed by atoms with Crippen molar-refractivity contribution >= 4 is 45.2 Å². The number of hydrogen-bond acceptors (Lipinski definition) is 8. The van der Waals surface area contributed by atoms with Crippen LogP contribution in [0.15, 0.2) is 69.4 Å². The zero-order chi connectivity index (χ0) is 33.0. The second-order valence-corrected chi connectivity index (χ2v) is 13.1. The van der Waals surface area contributed by atoms with Gasteiger partial charge in [0.15, 0.2) is 11.5 Å².